The number of amides is 1. The van der Waals surface area contributed by atoms with E-state index in [0.717, 1.165) is 27.1 Å². The summed E-state index contributed by atoms with van der Waals surface area (Å²) < 4.78 is 13.7. The van der Waals surface area contributed by atoms with Crippen molar-refractivity contribution in [3.63, 3.8) is 0 Å². The predicted octanol–water partition coefficient (Wildman–Crippen LogP) is 2.85. The number of hydrogen-bond donors (Lipinski definition) is 2. The van der Waals surface area contributed by atoms with Crippen LogP contribution in [0.1, 0.15) is 30.3 Å². The van der Waals surface area contributed by atoms with Crippen molar-refractivity contribution >= 4 is 46.1 Å². The Morgan fingerprint density at radius 3 is 2.79 bits per heavy atom. The Hall–Kier alpha value is -1.62. The molecule has 0 bridgehead atoms. The number of nitrogens with zero attached hydrogens (tertiary/aromatic N) is 2. The zero-order chi connectivity index (χ0) is 17.3. The monoisotopic (exact) mass is 460 g/mol. The summed E-state index contributed by atoms with van der Waals surface area (Å²) in [6.45, 7) is 3.01. The predicted molar refractivity (Wildman–Crippen MR) is 99.5 cm³/mol. The van der Waals surface area contributed by atoms with Gasteiger partial charge in [-0.15, -0.1) is 0 Å². The fourth-order valence-corrected chi connectivity index (χ4v) is 4.04. The lowest BCUT2D eigenvalue weighted by atomic mass is 10.3. The summed E-state index contributed by atoms with van der Waals surface area (Å²) in [5.41, 5.74) is 11.6. The van der Waals surface area contributed by atoms with Crippen molar-refractivity contribution in [2.45, 2.75) is 36.4 Å². The fraction of sp³-hybridized carbons (Fsp3) is 0.333. The lowest BCUT2D eigenvalue weighted by molar-refractivity contribution is 0.0996. The molecule has 0 unspecified atom stereocenters. The van der Waals surface area contributed by atoms with Gasteiger partial charge in [0, 0.05) is 15.0 Å². The number of rotatable bonds is 6. The number of halogens is 1. The third kappa shape index (κ3) is 3.27. The first kappa shape index (κ1) is 17.2. The summed E-state index contributed by atoms with van der Waals surface area (Å²) in [5, 5.41) is 0.645. The van der Waals surface area contributed by atoms with E-state index in [4.69, 9.17) is 20.9 Å². The molecule has 1 aromatic heterocycles. The molecule has 3 rings (SSSR count). The zero-order valence-electron chi connectivity index (χ0n) is 13.0. The number of ether oxygens (including phenoxy) is 2. The second-order valence-electron chi connectivity index (χ2n) is 5.24. The van der Waals surface area contributed by atoms with Crippen LogP contribution in [0.25, 0.3) is 0 Å². The van der Waals surface area contributed by atoms with Gasteiger partial charge in [-0.2, -0.15) is 0 Å². The molecule has 0 saturated carbocycles. The van der Waals surface area contributed by atoms with Gasteiger partial charge in [-0.05, 0) is 41.1 Å². The summed E-state index contributed by atoms with van der Waals surface area (Å²) in [6.07, 6.45) is 1.94. The Balaban J connectivity index is 1.97. The van der Waals surface area contributed by atoms with Gasteiger partial charge in [0.2, 0.25) is 6.79 Å². The van der Waals surface area contributed by atoms with Crippen LogP contribution in [-0.4, -0.2) is 22.3 Å². The first-order valence-corrected chi connectivity index (χ1v) is 9.33. The smallest absolute Gasteiger partial charge is 0.271 e. The average molecular weight is 460 g/mol. The largest absolute Gasteiger partial charge is 0.454 e. The normalized spacial score (nSPS) is 12.6. The number of carbonyl (C=O) groups excluding carboxylic acids is 1. The van der Waals surface area contributed by atoms with Crippen LogP contribution in [0.4, 0.5) is 5.82 Å². The Labute approximate surface area is 157 Å². The third-order valence-corrected chi connectivity index (χ3v) is 5.88. The van der Waals surface area contributed by atoms with Crippen LogP contribution in [0.5, 0.6) is 11.5 Å². The fourth-order valence-electron chi connectivity index (χ4n) is 2.31. The van der Waals surface area contributed by atoms with E-state index in [2.05, 4.69) is 34.5 Å². The number of fused-ring (bicyclic) bond motifs is 1. The van der Waals surface area contributed by atoms with Crippen molar-refractivity contribution in [2.24, 2.45) is 5.73 Å². The number of benzene rings is 1. The molecule has 2 heterocycles. The van der Waals surface area contributed by atoms with Gasteiger partial charge < -0.3 is 25.5 Å². The molecule has 1 aromatic carbocycles. The van der Waals surface area contributed by atoms with Crippen molar-refractivity contribution in [2.75, 3.05) is 12.5 Å². The maximum Gasteiger partial charge on any atom is 0.271 e. The van der Waals surface area contributed by atoms with E-state index in [-0.39, 0.29) is 12.5 Å². The van der Waals surface area contributed by atoms with Gasteiger partial charge in [0.15, 0.2) is 22.3 Å². The summed E-state index contributed by atoms with van der Waals surface area (Å²) in [6, 6.07) is 3.83. The molecule has 1 aliphatic rings. The first-order valence-electron chi connectivity index (χ1n) is 7.44. The second-order valence-corrected chi connectivity index (χ2v) is 7.41. The Morgan fingerprint density at radius 1 is 1.42 bits per heavy atom. The van der Waals surface area contributed by atoms with Crippen LogP contribution in [0.3, 0.4) is 0 Å². The molecular weight excluding hydrogens is 443 g/mol. The van der Waals surface area contributed by atoms with E-state index in [1.807, 2.05) is 16.7 Å². The standard InChI is InChI=1S/C15H17IN4O3S/c1-2-3-4-20-13(17)12(14(18)21)19-15(20)24-11-6-10-9(5-8(11)16)22-7-23-10/h5-6H,2-4,7,17H2,1H3,(H2,18,21). The van der Waals surface area contributed by atoms with Crippen molar-refractivity contribution < 1.29 is 14.3 Å². The van der Waals surface area contributed by atoms with Crippen molar-refractivity contribution in [1.29, 1.82) is 0 Å². The minimum atomic E-state index is -0.620. The van der Waals surface area contributed by atoms with Crippen molar-refractivity contribution in [1.82, 2.24) is 9.55 Å². The molecule has 2 aromatic rings. The number of unbranched alkanes of at least 4 members (excludes halogenated alkanes) is 1. The van der Waals surface area contributed by atoms with E-state index in [0.29, 0.717) is 23.3 Å². The molecule has 0 atom stereocenters. The Bertz CT molecular complexity index is 794. The van der Waals surface area contributed by atoms with Crippen LogP contribution in [0, 0.1) is 3.57 Å². The van der Waals surface area contributed by atoms with Gasteiger partial charge in [-0.25, -0.2) is 4.98 Å². The van der Waals surface area contributed by atoms with Crippen LogP contribution < -0.4 is 20.9 Å². The first-order chi connectivity index (χ1) is 11.5. The summed E-state index contributed by atoms with van der Waals surface area (Å²) in [7, 11) is 0. The molecule has 0 fully saturated rings. The van der Waals surface area contributed by atoms with Gasteiger partial charge in [0.05, 0.1) is 0 Å². The third-order valence-electron chi connectivity index (χ3n) is 3.57. The van der Waals surface area contributed by atoms with Gasteiger partial charge in [0.25, 0.3) is 5.91 Å². The SMILES string of the molecule is CCCCn1c(Sc2cc3c(cc2I)OCO3)nc(C(N)=O)c1N. The summed E-state index contributed by atoms with van der Waals surface area (Å²) >= 11 is 3.66. The van der Waals surface area contributed by atoms with E-state index >= 15 is 0 Å². The van der Waals surface area contributed by atoms with Gasteiger partial charge in [0.1, 0.15) is 5.82 Å². The molecule has 128 valence electrons. The van der Waals surface area contributed by atoms with E-state index in [1.54, 1.807) is 0 Å². The van der Waals surface area contributed by atoms with Crippen LogP contribution in [0.2, 0.25) is 0 Å². The molecule has 1 amide bonds. The number of carbonyl (C=O) groups is 1. The zero-order valence-corrected chi connectivity index (χ0v) is 16.0. The maximum atomic E-state index is 11.6. The maximum absolute atomic E-state index is 11.6. The van der Waals surface area contributed by atoms with Crippen molar-refractivity contribution in [3.8, 4) is 11.5 Å². The number of hydrogen-bond acceptors (Lipinski definition) is 6. The molecule has 0 radical (unpaired) electrons. The molecule has 0 saturated heterocycles. The highest BCUT2D eigenvalue weighted by molar-refractivity contribution is 14.1. The number of anilines is 1. The highest BCUT2D eigenvalue weighted by Crippen LogP contribution is 2.41. The highest BCUT2D eigenvalue weighted by atomic mass is 127. The average Bonchev–Trinajstić information content (AvgIpc) is 3.10. The minimum Gasteiger partial charge on any atom is -0.454 e. The minimum absolute atomic E-state index is 0.115. The van der Waals surface area contributed by atoms with Crippen LogP contribution >= 0.6 is 34.4 Å². The van der Waals surface area contributed by atoms with Gasteiger partial charge in [-0.3, -0.25) is 4.79 Å². The van der Waals surface area contributed by atoms with Crippen LogP contribution in [0.15, 0.2) is 22.2 Å². The van der Waals surface area contributed by atoms with Gasteiger partial charge >= 0.3 is 0 Å². The molecule has 0 spiro atoms. The molecular formula is C15H17IN4O3S. The van der Waals surface area contributed by atoms with E-state index in [1.165, 1.54) is 11.8 Å². The van der Waals surface area contributed by atoms with Crippen molar-refractivity contribution in [3.05, 3.63) is 21.4 Å². The number of aromatic nitrogens is 2. The molecule has 24 heavy (non-hydrogen) atoms. The molecule has 1 aliphatic heterocycles. The summed E-state index contributed by atoms with van der Waals surface area (Å²) in [5.74, 6) is 1.13. The highest BCUT2D eigenvalue weighted by Gasteiger charge is 2.22. The lowest BCUT2D eigenvalue weighted by Crippen LogP contribution is -2.14. The number of primary amides is 1. The molecule has 0 aliphatic carbocycles. The molecule has 7 nitrogen and oxygen atoms in total. The van der Waals surface area contributed by atoms with E-state index in [9.17, 15) is 4.79 Å². The lowest BCUT2D eigenvalue weighted by Gasteiger charge is -2.10. The summed E-state index contributed by atoms with van der Waals surface area (Å²) in [4.78, 5) is 16.9. The Morgan fingerprint density at radius 2 is 2.12 bits per heavy atom. The number of nitrogens with two attached hydrogens (primary N) is 2. The quantitative estimate of drug-likeness (QED) is 0.643. The Kier molecular flexibility index (Phi) is 5.09. The number of imidazole rings is 1. The number of nitrogen functional groups attached to an aromatic ring is 1. The topological polar surface area (TPSA) is 105 Å². The van der Waals surface area contributed by atoms with Crippen LogP contribution in [-0.2, 0) is 6.54 Å². The molecule has 4 N–H and O–H groups in total. The molecule has 9 heteroatoms. The second kappa shape index (κ2) is 7.09. The van der Waals surface area contributed by atoms with Gasteiger partial charge in [-0.1, -0.05) is 25.1 Å². The van der Waals surface area contributed by atoms with E-state index < -0.39 is 5.91 Å².